The molecule has 3 rings (SSSR count). The molecule has 0 aliphatic carbocycles. The first-order valence-electron chi connectivity index (χ1n) is 10.4. The largest absolute Gasteiger partial charge is 0.452 e. The Morgan fingerprint density at radius 1 is 1.12 bits per heavy atom. The van der Waals surface area contributed by atoms with Crippen molar-refractivity contribution in [1.29, 1.82) is 0 Å². The molecule has 0 saturated carbocycles. The lowest BCUT2D eigenvalue weighted by molar-refractivity contribution is -0.124. The zero-order chi connectivity index (χ0) is 23.3. The summed E-state index contributed by atoms with van der Waals surface area (Å²) in [4.78, 5) is 24.7. The van der Waals surface area contributed by atoms with E-state index in [-0.39, 0.29) is 22.3 Å². The highest BCUT2D eigenvalue weighted by Gasteiger charge is 2.23. The molecule has 1 amide bonds. The summed E-state index contributed by atoms with van der Waals surface area (Å²) in [6.45, 7) is 5.93. The van der Waals surface area contributed by atoms with E-state index in [1.54, 1.807) is 38.1 Å². The normalized spacial score (nSPS) is 15.9. The van der Waals surface area contributed by atoms with E-state index >= 15 is 0 Å². The van der Waals surface area contributed by atoms with Crippen LogP contribution in [0.3, 0.4) is 0 Å². The number of benzene rings is 2. The van der Waals surface area contributed by atoms with Crippen LogP contribution in [0.2, 0.25) is 0 Å². The van der Waals surface area contributed by atoms with Crippen molar-refractivity contribution in [3.63, 3.8) is 0 Å². The Kier molecular flexibility index (Phi) is 7.52. The van der Waals surface area contributed by atoms with E-state index in [1.165, 1.54) is 12.1 Å². The average molecular weight is 461 g/mol. The number of aryl methyl sites for hydroxylation is 3. The van der Waals surface area contributed by atoms with E-state index in [9.17, 15) is 18.0 Å². The second-order valence-electron chi connectivity index (χ2n) is 7.89. The van der Waals surface area contributed by atoms with Crippen LogP contribution in [-0.4, -0.2) is 46.2 Å². The minimum absolute atomic E-state index is 0.0153. The van der Waals surface area contributed by atoms with Gasteiger partial charge >= 0.3 is 5.97 Å². The predicted molar refractivity (Wildman–Crippen MR) is 120 cm³/mol. The number of para-hydroxylation sites is 1. The number of nitrogens with one attached hydrogen (secondary N) is 2. The number of hydrogen-bond donors (Lipinski definition) is 2. The zero-order valence-electron chi connectivity index (χ0n) is 18.4. The molecule has 1 saturated heterocycles. The van der Waals surface area contributed by atoms with E-state index < -0.39 is 28.5 Å². The van der Waals surface area contributed by atoms with E-state index in [0.717, 1.165) is 18.4 Å². The molecule has 2 aromatic rings. The Bertz CT molecular complexity index is 1080. The molecule has 1 aliphatic rings. The van der Waals surface area contributed by atoms with Gasteiger partial charge in [-0.05, 0) is 56.9 Å². The molecule has 1 aliphatic heterocycles. The van der Waals surface area contributed by atoms with Crippen molar-refractivity contribution in [2.45, 2.75) is 44.6 Å². The first-order valence-corrected chi connectivity index (χ1v) is 11.9. The van der Waals surface area contributed by atoms with Crippen molar-refractivity contribution in [3.8, 4) is 0 Å². The maximum atomic E-state index is 13.1. The monoisotopic (exact) mass is 460 g/mol. The number of sulfonamides is 1. The van der Waals surface area contributed by atoms with Crippen LogP contribution in [0.25, 0.3) is 0 Å². The number of esters is 1. The topological polar surface area (TPSA) is 111 Å². The molecule has 1 fully saturated rings. The maximum Gasteiger partial charge on any atom is 0.340 e. The van der Waals surface area contributed by atoms with Crippen molar-refractivity contribution in [2.75, 3.05) is 24.5 Å². The molecule has 1 heterocycles. The van der Waals surface area contributed by atoms with Crippen LogP contribution in [0.15, 0.2) is 41.3 Å². The fourth-order valence-electron chi connectivity index (χ4n) is 3.83. The Morgan fingerprint density at radius 3 is 2.47 bits per heavy atom. The standard InChI is InChI=1S/C23H28N2O6S/c1-15-11-16(2)22(17(3)12-15)32(28,29)25-20-9-5-4-8-19(20)23(27)31-14-21(26)24-13-18-7-6-10-30-18/h4-5,8-9,11-12,18,25H,6-7,10,13-14H2,1-3H3,(H,24,26). The number of ether oxygens (including phenoxy) is 2. The van der Waals surface area contributed by atoms with Gasteiger partial charge in [0.15, 0.2) is 6.61 Å². The van der Waals surface area contributed by atoms with Crippen molar-refractivity contribution in [2.24, 2.45) is 0 Å². The van der Waals surface area contributed by atoms with Gasteiger partial charge in [0, 0.05) is 13.2 Å². The van der Waals surface area contributed by atoms with Gasteiger partial charge in [-0.25, -0.2) is 13.2 Å². The summed E-state index contributed by atoms with van der Waals surface area (Å²) in [7, 11) is -3.95. The summed E-state index contributed by atoms with van der Waals surface area (Å²) < 4.78 is 39.2. The van der Waals surface area contributed by atoms with Gasteiger partial charge in [-0.2, -0.15) is 0 Å². The van der Waals surface area contributed by atoms with Gasteiger partial charge in [-0.1, -0.05) is 29.8 Å². The highest BCUT2D eigenvalue weighted by Crippen LogP contribution is 2.26. The van der Waals surface area contributed by atoms with Crippen molar-refractivity contribution < 1.29 is 27.5 Å². The molecule has 0 bridgehead atoms. The summed E-state index contributed by atoms with van der Waals surface area (Å²) in [5.74, 6) is -1.24. The average Bonchev–Trinajstić information content (AvgIpc) is 3.23. The van der Waals surface area contributed by atoms with Gasteiger partial charge in [0.1, 0.15) is 0 Å². The lowest BCUT2D eigenvalue weighted by Crippen LogP contribution is -2.34. The molecular weight excluding hydrogens is 432 g/mol. The van der Waals surface area contributed by atoms with Gasteiger partial charge in [0.2, 0.25) is 0 Å². The Hall–Kier alpha value is -2.91. The Labute approximate surface area is 188 Å². The first kappa shape index (κ1) is 23.7. The molecule has 1 unspecified atom stereocenters. The van der Waals surface area contributed by atoms with Crippen molar-refractivity contribution in [1.82, 2.24) is 5.32 Å². The number of carbonyl (C=O) groups is 2. The van der Waals surface area contributed by atoms with Crippen LogP contribution in [0.1, 0.15) is 39.9 Å². The second kappa shape index (κ2) is 10.1. The summed E-state index contributed by atoms with van der Waals surface area (Å²) >= 11 is 0. The zero-order valence-corrected chi connectivity index (χ0v) is 19.3. The summed E-state index contributed by atoms with van der Waals surface area (Å²) in [6, 6.07) is 9.70. The number of carbonyl (C=O) groups excluding carboxylic acids is 2. The van der Waals surface area contributed by atoms with Gasteiger partial charge in [0.25, 0.3) is 15.9 Å². The van der Waals surface area contributed by atoms with Crippen molar-refractivity contribution in [3.05, 3.63) is 58.7 Å². The lowest BCUT2D eigenvalue weighted by Gasteiger charge is -2.16. The highest BCUT2D eigenvalue weighted by molar-refractivity contribution is 7.92. The molecule has 0 spiro atoms. The predicted octanol–water partition coefficient (Wildman–Crippen LogP) is 2.86. The Balaban J connectivity index is 1.68. The van der Waals surface area contributed by atoms with Crippen LogP contribution >= 0.6 is 0 Å². The van der Waals surface area contributed by atoms with E-state index in [1.807, 2.05) is 6.92 Å². The quantitative estimate of drug-likeness (QED) is 0.586. The fourth-order valence-corrected chi connectivity index (χ4v) is 5.36. The van der Waals surface area contributed by atoms with Crippen LogP contribution in [0, 0.1) is 20.8 Å². The third kappa shape index (κ3) is 5.86. The van der Waals surface area contributed by atoms with E-state index in [4.69, 9.17) is 9.47 Å². The van der Waals surface area contributed by atoms with E-state index in [0.29, 0.717) is 24.3 Å². The van der Waals surface area contributed by atoms with Crippen LogP contribution in [0.5, 0.6) is 0 Å². The molecule has 2 aromatic carbocycles. The molecular formula is C23H28N2O6S. The smallest absolute Gasteiger partial charge is 0.340 e. The number of anilines is 1. The first-order chi connectivity index (χ1) is 15.2. The van der Waals surface area contributed by atoms with E-state index in [2.05, 4.69) is 10.0 Å². The van der Waals surface area contributed by atoms with Gasteiger partial charge < -0.3 is 14.8 Å². The summed E-state index contributed by atoms with van der Waals surface area (Å²) in [6.07, 6.45) is 1.83. The third-order valence-electron chi connectivity index (χ3n) is 5.15. The molecule has 32 heavy (non-hydrogen) atoms. The number of amides is 1. The minimum Gasteiger partial charge on any atom is -0.452 e. The summed E-state index contributed by atoms with van der Waals surface area (Å²) in [5, 5.41) is 2.67. The molecule has 0 radical (unpaired) electrons. The number of hydrogen-bond acceptors (Lipinski definition) is 6. The van der Waals surface area contributed by atoms with Crippen LogP contribution in [0.4, 0.5) is 5.69 Å². The third-order valence-corrected chi connectivity index (χ3v) is 6.82. The second-order valence-corrected chi connectivity index (χ2v) is 9.51. The summed E-state index contributed by atoms with van der Waals surface area (Å²) in [5.41, 5.74) is 2.28. The van der Waals surface area contributed by atoms with Gasteiger partial charge in [-0.15, -0.1) is 0 Å². The Morgan fingerprint density at radius 2 is 1.81 bits per heavy atom. The molecule has 9 heteroatoms. The number of rotatable bonds is 8. The minimum atomic E-state index is -3.95. The molecule has 8 nitrogen and oxygen atoms in total. The lowest BCUT2D eigenvalue weighted by atomic mass is 10.1. The van der Waals surface area contributed by atoms with Gasteiger partial charge in [0.05, 0.1) is 22.3 Å². The molecule has 172 valence electrons. The SMILES string of the molecule is Cc1cc(C)c(S(=O)(=O)Nc2ccccc2C(=O)OCC(=O)NCC2CCCO2)c(C)c1. The highest BCUT2D eigenvalue weighted by atomic mass is 32.2. The molecule has 0 aromatic heterocycles. The fraction of sp³-hybridized carbons (Fsp3) is 0.391. The molecule has 1 atom stereocenters. The maximum absolute atomic E-state index is 13.1. The molecule has 2 N–H and O–H groups in total. The van der Waals surface area contributed by atoms with Crippen LogP contribution in [-0.2, 0) is 24.3 Å². The van der Waals surface area contributed by atoms with Crippen LogP contribution < -0.4 is 10.0 Å². The van der Waals surface area contributed by atoms with Gasteiger partial charge in [-0.3, -0.25) is 9.52 Å². The van der Waals surface area contributed by atoms with Crippen molar-refractivity contribution >= 4 is 27.6 Å².